The van der Waals surface area contributed by atoms with Crippen molar-refractivity contribution in [2.75, 3.05) is 0 Å². The van der Waals surface area contributed by atoms with Crippen molar-refractivity contribution < 1.29 is 4.79 Å². The Hall–Kier alpha value is -1.57. The Morgan fingerprint density at radius 1 is 1.11 bits per heavy atom. The monoisotopic (exact) mass is 243 g/mol. The second-order valence-electron chi connectivity index (χ2n) is 5.07. The van der Waals surface area contributed by atoms with Crippen LogP contribution in [0.3, 0.4) is 0 Å². The zero-order valence-corrected chi connectivity index (χ0v) is 11.2. The van der Waals surface area contributed by atoms with Gasteiger partial charge in [0.1, 0.15) is 0 Å². The molecule has 1 amide bonds. The molecule has 1 aromatic rings. The standard InChI is InChI=1S/C16H21NO/c1-12(14-8-4-3-5-9-14)13(2)16(18)17-15-10-6-7-11-15/h3-5,8-9,15H,6-7,10-11H2,1-2H3,(H,17,18)/b13-12-. The summed E-state index contributed by atoms with van der Waals surface area (Å²) in [6.07, 6.45) is 4.74. The van der Waals surface area contributed by atoms with Crippen molar-refractivity contribution >= 4 is 11.5 Å². The summed E-state index contributed by atoms with van der Waals surface area (Å²) in [6.45, 7) is 3.92. The van der Waals surface area contributed by atoms with Crippen LogP contribution >= 0.6 is 0 Å². The van der Waals surface area contributed by atoms with E-state index in [1.165, 1.54) is 12.8 Å². The number of carbonyl (C=O) groups excluding carboxylic acids is 1. The average molecular weight is 243 g/mol. The number of carbonyl (C=O) groups is 1. The molecule has 0 heterocycles. The fourth-order valence-electron chi connectivity index (χ4n) is 2.44. The van der Waals surface area contributed by atoms with Crippen LogP contribution in [0.25, 0.3) is 5.57 Å². The molecular weight excluding hydrogens is 222 g/mol. The number of hydrogen-bond acceptors (Lipinski definition) is 1. The van der Waals surface area contributed by atoms with Gasteiger partial charge in [0.05, 0.1) is 0 Å². The third kappa shape index (κ3) is 3.00. The maximum Gasteiger partial charge on any atom is 0.247 e. The Morgan fingerprint density at radius 2 is 1.72 bits per heavy atom. The lowest BCUT2D eigenvalue weighted by molar-refractivity contribution is -0.118. The van der Waals surface area contributed by atoms with Gasteiger partial charge in [0.2, 0.25) is 5.91 Å². The Bertz CT molecular complexity index is 441. The predicted molar refractivity (Wildman–Crippen MR) is 75.1 cm³/mol. The number of hydrogen-bond donors (Lipinski definition) is 1. The van der Waals surface area contributed by atoms with Gasteiger partial charge in [0, 0.05) is 11.6 Å². The van der Waals surface area contributed by atoms with Gasteiger partial charge in [-0.3, -0.25) is 4.79 Å². The molecule has 0 spiro atoms. The van der Waals surface area contributed by atoms with E-state index in [1.54, 1.807) is 0 Å². The van der Waals surface area contributed by atoms with Crippen LogP contribution in [0.4, 0.5) is 0 Å². The van der Waals surface area contributed by atoms with Crippen molar-refractivity contribution in [2.45, 2.75) is 45.6 Å². The fraction of sp³-hybridized carbons (Fsp3) is 0.438. The topological polar surface area (TPSA) is 29.1 Å². The molecule has 1 saturated carbocycles. The molecule has 0 saturated heterocycles. The quantitative estimate of drug-likeness (QED) is 0.808. The Balaban J connectivity index is 2.08. The molecule has 0 aromatic heterocycles. The van der Waals surface area contributed by atoms with Gasteiger partial charge in [-0.05, 0) is 37.8 Å². The molecule has 96 valence electrons. The molecule has 0 unspecified atom stereocenters. The minimum atomic E-state index is 0.0863. The highest BCUT2D eigenvalue weighted by atomic mass is 16.1. The van der Waals surface area contributed by atoms with E-state index in [4.69, 9.17) is 0 Å². The van der Waals surface area contributed by atoms with Crippen LogP contribution in [-0.4, -0.2) is 11.9 Å². The summed E-state index contributed by atoms with van der Waals surface area (Å²) in [5.41, 5.74) is 3.01. The van der Waals surface area contributed by atoms with Gasteiger partial charge in [-0.2, -0.15) is 0 Å². The third-order valence-electron chi connectivity index (χ3n) is 3.80. The summed E-state index contributed by atoms with van der Waals surface area (Å²) in [4.78, 5) is 12.1. The van der Waals surface area contributed by atoms with Gasteiger partial charge >= 0.3 is 0 Å². The number of allylic oxidation sites excluding steroid dienone is 1. The molecule has 1 aliphatic rings. The van der Waals surface area contributed by atoms with E-state index in [-0.39, 0.29) is 5.91 Å². The molecular formula is C16H21NO. The molecule has 0 bridgehead atoms. The maximum atomic E-state index is 12.1. The maximum absolute atomic E-state index is 12.1. The first-order chi connectivity index (χ1) is 8.68. The van der Waals surface area contributed by atoms with Gasteiger partial charge < -0.3 is 5.32 Å². The normalized spacial score (nSPS) is 17.4. The molecule has 0 atom stereocenters. The van der Waals surface area contributed by atoms with Gasteiger partial charge in [-0.1, -0.05) is 43.2 Å². The van der Waals surface area contributed by atoms with Crippen molar-refractivity contribution in [3.63, 3.8) is 0 Å². The van der Waals surface area contributed by atoms with Crippen molar-refractivity contribution in [1.82, 2.24) is 5.32 Å². The lowest BCUT2D eigenvalue weighted by Gasteiger charge is -2.14. The molecule has 2 rings (SSSR count). The number of amides is 1. The van der Waals surface area contributed by atoms with E-state index in [9.17, 15) is 4.79 Å². The molecule has 18 heavy (non-hydrogen) atoms. The van der Waals surface area contributed by atoms with Crippen molar-refractivity contribution in [3.8, 4) is 0 Å². The largest absolute Gasteiger partial charge is 0.350 e. The zero-order chi connectivity index (χ0) is 13.0. The van der Waals surface area contributed by atoms with Gasteiger partial charge in [-0.15, -0.1) is 0 Å². The summed E-state index contributed by atoms with van der Waals surface area (Å²) >= 11 is 0. The van der Waals surface area contributed by atoms with E-state index < -0.39 is 0 Å². The SMILES string of the molecule is C/C(C(=O)NC1CCCC1)=C(\C)c1ccccc1. The summed E-state index contributed by atoms with van der Waals surface area (Å²) in [5.74, 6) is 0.0863. The molecule has 0 aliphatic heterocycles. The summed E-state index contributed by atoms with van der Waals surface area (Å²) < 4.78 is 0. The van der Waals surface area contributed by atoms with E-state index >= 15 is 0 Å². The smallest absolute Gasteiger partial charge is 0.247 e. The predicted octanol–water partition coefficient (Wildman–Crippen LogP) is 3.54. The molecule has 0 radical (unpaired) electrons. The highest BCUT2D eigenvalue weighted by molar-refractivity contribution is 6.00. The fourth-order valence-corrected chi connectivity index (χ4v) is 2.44. The molecule has 1 fully saturated rings. The zero-order valence-electron chi connectivity index (χ0n) is 11.2. The number of benzene rings is 1. The van der Waals surface area contributed by atoms with Crippen molar-refractivity contribution in [2.24, 2.45) is 0 Å². The van der Waals surface area contributed by atoms with Crippen LogP contribution in [0.5, 0.6) is 0 Å². The molecule has 2 heteroatoms. The van der Waals surface area contributed by atoms with E-state index in [1.807, 2.05) is 44.2 Å². The third-order valence-corrected chi connectivity index (χ3v) is 3.80. The van der Waals surface area contributed by atoms with Crippen LogP contribution in [-0.2, 0) is 4.79 Å². The second-order valence-corrected chi connectivity index (χ2v) is 5.07. The lowest BCUT2D eigenvalue weighted by Crippen LogP contribution is -2.33. The lowest BCUT2D eigenvalue weighted by atomic mass is 10.0. The van der Waals surface area contributed by atoms with E-state index in [0.717, 1.165) is 29.6 Å². The molecule has 2 nitrogen and oxygen atoms in total. The summed E-state index contributed by atoms with van der Waals surface area (Å²) in [7, 11) is 0. The summed E-state index contributed by atoms with van der Waals surface area (Å²) in [6, 6.07) is 10.5. The Morgan fingerprint density at radius 3 is 2.33 bits per heavy atom. The first-order valence-electron chi connectivity index (χ1n) is 6.72. The van der Waals surface area contributed by atoms with E-state index in [0.29, 0.717) is 6.04 Å². The number of nitrogens with one attached hydrogen (secondary N) is 1. The van der Waals surface area contributed by atoms with Crippen molar-refractivity contribution in [1.29, 1.82) is 0 Å². The van der Waals surface area contributed by atoms with Crippen molar-refractivity contribution in [3.05, 3.63) is 41.5 Å². The van der Waals surface area contributed by atoms with Crippen LogP contribution in [0.2, 0.25) is 0 Å². The first kappa shape index (κ1) is 12.9. The van der Waals surface area contributed by atoms with E-state index in [2.05, 4.69) is 5.32 Å². The minimum Gasteiger partial charge on any atom is -0.350 e. The van der Waals surface area contributed by atoms with Gasteiger partial charge in [0.15, 0.2) is 0 Å². The first-order valence-corrected chi connectivity index (χ1v) is 6.72. The highest BCUT2D eigenvalue weighted by Crippen LogP contribution is 2.20. The number of rotatable bonds is 3. The summed E-state index contributed by atoms with van der Waals surface area (Å²) in [5, 5.41) is 3.13. The molecule has 1 N–H and O–H groups in total. The minimum absolute atomic E-state index is 0.0863. The second kappa shape index (κ2) is 5.85. The molecule has 1 aliphatic carbocycles. The van der Waals surface area contributed by atoms with Crippen LogP contribution in [0.15, 0.2) is 35.9 Å². The van der Waals surface area contributed by atoms with Gasteiger partial charge in [0.25, 0.3) is 0 Å². The van der Waals surface area contributed by atoms with Crippen LogP contribution < -0.4 is 5.32 Å². The molecule has 1 aromatic carbocycles. The Kier molecular flexibility index (Phi) is 4.19. The highest BCUT2D eigenvalue weighted by Gasteiger charge is 2.18. The van der Waals surface area contributed by atoms with Crippen LogP contribution in [0, 0.1) is 0 Å². The Labute approximate surface area is 109 Å². The van der Waals surface area contributed by atoms with Gasteiger partial charge in [-0.25, -0.2) is 0 Å². The van der Waals surface area contributed by atoms with Crippen LogP contribution in [0.1, 0.15) is 45.1 Å². The average Bonchev–Trinajstić information content (AvgIpc) is 2.91.